The molecule has 1 heterocycles. The van der Waals surface area contributed by atoms with E-state index in [1.54, 1.807) is 7.11 Å². The van der Waals surface area contributed by atoms with Crippen molar-refractivity contribution in [1.82, 2.24) is 0 Å². The average molecular weight is 291 g/mol. The lowest BCUT2D eigenvalue weighted by atomic mass is 9.92. The smallest absolute Gasteiger partial charge is 0.172 e. The van der Waals surface area contributed by atoms with E-state index in [0.717, 1.165) is 36.0 Å². The van der Waals surface area contributed by atoms with Gasteiger partial charge in [-0.2, -0.15) is 0 Å². The van der Waals surface area contributed by atoms with Gasteiger partial charge in [0.2, 0.25) is 0 Å². The number of nitrogens with two attached hydrogens (primary N) is 1. The zero-order chi connectivity index (χ0) is 15.2. The number of oxime groups is 1. The molecule has 0 unspecified atom stereocenters. The summed E-state index contributed by atoms with van der Waals surface area (Å²) in [5.41, 5.74) is 7.54. The number of amidine groups is 1. The number of piperidine rings is 1. The Bertz CT molecular complexity index is 494. The minimum absolute atomic E-state index is 0.142. The molecule has 0 amide bonds. The third kappa shape index (κ3) is 3.60. The Kier molecular flexibility index (Phi) is 5.31. The third-order valence-corrected chi connectivity index (χ3v) is 4.24. The maximum absolute atomic E-state index is 8.96. The highest BCUT2D eigenvalue weighted by Crippen LogP contribution is 2.31. The second-order valence-corrected chi connectivity index (χ2v) is 5.59. The summed E-state index contributed by atoms with van der Waals surface area (Å²) in [6.07, 6.45) is 4.94. The summed E-state index contributed by atoms with van der Waals surface area (Å²) in [7, 11) is 1.65. The molecule has 1 saturated heterocycles. The molecule has 0 aliphatic carbocycles. The van der Waals surface area contributed by atoms with Crippen LogP contribution in [0.2, 0.25) is 0 Å². The zero-order valence-electron chi connectivity index (χ0n) is 12.9. The Labute approximate surface area is 126 Å². The van der Waals surface area contributed by atoms with Crippen molar-refractivity contribution in [1.29, 1.82) is 0 Å². The number of ether oxygens (including phenoxy) is 1. The van der Waals surface area contributed by atoms with E-state index in [1.807, 2.05) is 18.2 Å². The van der Waals surface area contributed by atoms with E-state index in [9.17, 15) is 0 Å². The van der Waals surface area contributed by atoms with Crippen LogP contribution in [0.25, 0.3) is 0 Å². The van der Waals surface area contributed by atoms with Gasteiger partial charge in [-0.3, -0.25) is 0 Å². The summed E-state index contributed by atoms with van der Waals surface area (Å²) >= 11 is 0. The molecule has 21 heavy (non-hydrogen) atoms. The lowest BCUT2D eigenvalue weighted by Gasteiger charge is -2.34. The molecule has 1 aliphatic heterocycles. The van der Waals surface area contributed by atoms with Crippen molar-refractivity contribution in [2.24, 2.45) is 16.8 Å². The first-order chi connectivity index (χ1) is 10.2. The van der Waals surface area contributed by atoms with Crippen LogP contribution < -0.4 is 15.4 Å². The first-order valence-corrected chi connectivity index (χ1v) is 7.60. The van der Waals surface area contributed by atoms with E-state index in [2.05, 4.69) is 17.0 Å². The van der Waals surface area contributed by atoms with Gasteiger partial charge in [0.1, 0.15) is 5.75 Å². The van der Waals surface area contributed by atoms with Crippen molar-refractivity contribution in [3.05, 3.63) is 23.8 Å². The summed E-state index contributed by atoms with van der Waals surface area (Å²) in [5.74, 6) is 1.75. The monoisotopic (exact) mass is 291 g/mol. The van der Waals surface area contributed by atoms with E-state index >= 15 is 0 Å². The van der Waals surface area contributed by atoms with Crippen molar-refractivity contribution in [2.75, 3.05) is 25.1 Å². The van der Waals surface area contributed by atoms with Gasteiger partial charge in [0.05, 0.1) is 12.8 Å². The molecule has 1 fully saturated rings. The lowest BCUT2D eigenvalue weighted by Crippen LogP contribution is -2.35. The van der Waals surface area contributed by atoms with Crippen LogP contribution in [0.1, 0.15) is 38.2 Å². The Morgan fingerprint density at radius 3 is 2.71 bits per heavy atom. The summed E-state index contributed by atoms with van der Waals surface area (Å²) < 4.78 is 5.30. The number of nitrogens with zero attached hydrogens (tertiary/aromatic N) is 2. The van der Waals surface area contributed by atoms with Gasteiger partial charge in [-0.05, 0) is 30.9 Å². The molecule has 1 aromatic carbocycles. The topological polar surface area (TPSA) is 71.1 Å². The van der Waals surface area contributed by atoms with Gasteiger partial charge in [0.15, 0.2) is 5.84 Å². The molecule has 1 aliphatic rings. The largest absolute Gasteiger partial charge is 0.497 e. The molecule has 116 valence electrons. The van der Waals surface area contributed by atoms with Gasteiger partial charge >= 0.3 is 0 Å². The SMILES string of the molecule is CCCC1CCN(c2cc(OC)ccc2/C(N)=N/O)CC1. The standard InChI is InChI=1S/C16H25N3O2/c1-3-4-12-7-9-19(10-8-12)15-11-13(21-2)5-6-14(15)16(17)18-20/h5-6,11-12,20H,3-4,7-10H2,1-2H3,(H2,17,18). The van der Waals surface area contributed by atoms with Crippen LogP contribution in [-0.2, 0) is 0 Å². The highest BCUT2D eigenvalue weighted by Gasteiger charge is 2.22. The molecule has 0 spiro atoms. The third-order valence-electron chi connectivity index (χ3n) is 4.24. The number of methoxy groups -OCH3 is 1. The van der Waals surface area contributed by atoms with E-state index < -0.39 is 0 Å². The predicted octanol–water partition coefficient (Wildman–Crippen LogP) is 2.81. The number of anilines is 1. The fraction of sp³-hybridized carbons (Fsp3) is 0.562. The van der Waals surface area contributed by atoms with Crippen LogP contribution in [-0.4, -0.2) is 31.2 Å². The summed E-state index contributed by atoms with van der Waals surface area (Å²) in [4.78, 5) is 2.31. The molecule has 1 aromatic rings. The summed E-state index contributed by atoms with van der Waals surface area (Å²) in [6, 6.07) is 5.65. The molecule has 5 nitrogen and oxygen atoms in total. The fourth-order valence-electron chi connectivity index (χ4n) is 3.04. The molecular formula is C16H25N3O2. The second kappa shape index (κ2) is 7.20. The quantitative estimate of drug-likeness (QED) is 0.379. The minimum atomic E-state index is 0.142. The van der Waals surface area contributed by atoms with Gasteiger partial charge in [0.25, 0.3) is 0 Å². The average Bonchev–Trinajstić information content (AvgIpc) is 2.54. The maximum Gasteiger partial charge on any atom is 0.172 e. The maximum atomic E-state index is 8.96. The minimum Gasteiger partial charge on any atom is -0.497 e. The van der Waals surface area contributed by atoms with Crippen LogP contribution >= 0.6 is 0 Å². The zero-order valence-corrected chi connectivity index (χ0v) is 12.9. The fourth-order valence-corrected chi connectivity index (χ4v) is 3.04. The number of hydrogen-bond acceptors (Lipinski definition) is 4. The first kappa shape index (κ1) is 15.5. The predicted molar refractivity (Wildman–Crippen MR) is 85.3 cm³/mol. The number of hydrogen-bond donors (Lipinski definition) is 2. The molecule has 3 N–H and O–H groups in total. The summed E-state index contributed by atoms with van der Waals surface area (Å²) in [6.45, 7) is 4.25. The van der Waals surface area contributed by atoms with Crippen molar-refractivity contribution in [3.63, 3.8) is 0 Å². The summed E-state index contributed by atoms with van der Waals surface area (Å²) in [5, 5.41) is 12.1. The van der Waals surface area contributed by atoms with Crippen molar-refractivity contribution in [2.45, 2.75) is 32.6 Å². The van der Waals surface area contributed by atoms with E-state index in [0.29, 0.717) is 0 Å². The van der Waals surface area contributed by atoms with Crippen LogP contribution in [0.5, 0.6) is 5.75 Å². The van der Waals surface area contributed by atoms with Crippen LogP contribution in [0.4, 0.5) is 5.69 Å². The molecule has 0 bridgehead atoms. The Hall–Kier alpha value is -1.91. The van der Waals surface area contributed by atoms with E-state index in [1.165, 1.54) is 25.7 Å². The molecule has 0 radical (unpaired) electrons. The second-order valence-electron chi connectivity index (χ2n) is 5.59. The van der Waals surface area contributed by atoms with Crippen LogP contribution in [0.3, 0.4) is 0 Å². The van der Waals surface area contributed by atoms with Crippen LogP contribution in [0.15, 0.2) is 23.4 Å². The molecule has 0 aromatic heterocycles. The first-order valence-electron chi connectivity index (χ1n) is 7.60. The molecular weight excluding hydrogens is 266 g/mol. The Morgan fingerprint density at radius 2 is 2.14 bits per heavy atom. The van der Waals surface area contributed by atoms with Crippen molar-refractivity contribution in [3.8, 4) is 5.75 Å². The number of benzene rings is 1. The Balaban J connectivity index is 2.21. The van der Waals surface area contributed by atoms with Gasteiger partial charge in [-0.15, -0.1) is 0 Å². The molecule has 0 atom stereocenters. The number of rotatable bonds is 5. The normalized spacial score (nSPS) is 17.0. The van der Waals surface area contributed by atoms with Gasteiger partial charge in [-0.25, -0.2) is 0 Å². The molecule has 2 rings (SSSR count). The molecule has 5 heteroatoms. The Morgan fingerprint density at radius 1 is 1.43 bits per heavy atom. The van der Waals surface area contributed by atoms with Crippen molar-refractivity contribution < 1.29 is 9.94 Å². The van der Waals surface area contributed by atoms with Gasteiger partial charge in [0, 0.05) is 24.7 Å². The highest BCUT2D eigenvalue weighted by molar-refractivity contribution is 6.02. The van der Waals surface area contributed by atoms with Crippen molar-refractivity contribution >= 4 is 11.5 Å². The van der Waals surface area contributed by atoms with Gasteiger partial charge in [-0.1, -0.05) is 24.9 Å². The molecule has 0 saturated carbocycles. The van der Waals surface area contributed by atoms with E-state index in [-0.39, 0.29) is 5.84 Å². The lowest BCUT2D eigenvalue weighted by molar-refractivity contribution is 0.318. The van der Waals surface area contributed by atoms with E-state index in [4.69, 9.17) is 15.7 Å². The van der Waals surface area contributed by atoms with Crippen LogP contribution in [0, 0.1) is 5.92 Å². The van der Waals surface area contributed by atoms with Gasteiger partial charge < -0.3 is 20.6 Å². The highest BCUT2D eigenvalue weighted by atomic mass is 16.5.